The first-order valence-corrected chi connectivity index (χ1v) is 9.63. The molecule has 0 bridgehead atoms. The third-order valence-electron chi connectivity index (χ3n) is 6.19. The number of aliphatic hydroxyl groups is 1. The largest absolute Gasteiger partial charge is 0.480 e. The van der Waals surface area contributed by atoms with Gasteiger partial charge in [0.25, 0.3) is 0 Å². The molecule has 1 saturated heterocycles. The van der Waals surface area contributed by atoms with E-state index in [1.54, 1.807) is 4.90 Å². The van der Waals surface area contributed by atoms with E-state index in [4.69, 9.17) is 0 Å². The Labute approximate surface area is 167 Å². The molecule has 4 nitrogen and oxygen atoms in total. The van der Waals surface area contributed by atoms with Gasteiger partial charge in [0.1, 0.15) is 12.1 Å². The monoisotopic (exact) mass is 389 g/mol. The number of aliphatic carboxylic acids is 1. The van der Waals surface area contributed by atoms with Gasteiger partial charge in [0.05, 0.1) is 5.54 Å². The van der Waals surface area contributed by atoms with Crippen molar-refractivity contribution in [2.75, 3.05) is 6.54 Å². The summed E-state index contributed by atoms with van der Waals surface area (Å²) >= 11 is 0. The van der Waals surface area contributed by atoms with Crippen molar-refractivity contribution in [1.82, 2.24) is 4.90 Å². The van der Waals surface area contributed by atoms with Gasteiger partial charge in [-0.05, 0) is 27.8 Å². The molecule has 1 aliphatic heterocycles. The summed E-state index contributed by atoms with van der Waals surface area (Å²) in [5.41, 5.74) is 3.64. The predicted octanol–water partition coefficient (Wildman–Crippen LogP) is 3.43. The number of hydrogen-bond donors (Lipinski definition) is 2. The van der Waals surface area contributed by atoms with Crippen LogP contribution in [0.25, 0.3) is 11.1 Å². The Balaban J connectivity index is 1.89. The molecule has 3 atom stereocenters. The number of fused-ring (bicyclic) bond motifs is 3. The first kappa shape index (κ1) is 18.0. The number of benzene rings is 3. The molecule has 5 rings (SSSR count). The number of likely N-dealkylation sites (tertiary alicyclic amines) is 1. The Morgan fingerprint density at radius 2 is 1.41 bits per heavy atom. The Morgan fingerprint density at radius 3 is 1.97 bits per heavy atom. The molecular formula is C24H20FNO3. The van der Waals surface area contributed by atoms with Crippen LogP contribution in [0.3, 0.4) is 0 Å². The van der Waals surface area contributed by atoms with E-state index in [0.717, 1.165) is 27.8 Å². The van der Waals surface area contributed by atoms with E-state index >= 15 is 0 Å². The van der Waals surface area contributed by atoms with Gasteiger partial charge in [-0.3, -0.25) is 9.69 Å². The van der Waals surface area contributed by atoms with Crippen molar-refractivity contribution in [1.29, 1.82) is 0 Å². The average molecular weight is 389 g/mol. The molecule has 0 saturated carbocycles. The van der Waals surface area contributed by atoms with Crippen molar-refractivity contribution in [3.8, 4) is 11.1 Å². The van der Waals surface area contributed by atoms with E-state index in [1.165, 1.54) is 0 Å². The first-order chi connectivity index (χ1) is 14.1. The fourth-order valence-electron chi connectivity index (χ4n) is 5.09. The molecule has 0 aromatic heterocycles. The third kappa shape index (κ3) is 2.35. The molecule has 3 aromatic rings. The second-order valence-corrected chi connectivity index (χ2v) is 7.61. The van der Waals surface area contributed by atoms with E-state index in [2.05, 4.69) is 0 Å². The number of hydrogen-bond acceptors (Lipinski definition) is 3. The van der Waals surface area contributed by atoms with Crippen molar-refractivity contribution in [2.45, 2.75) is 23.9 Å². The number of carboxylic acids is 1. The molecule has 29 heavy (non-hydrogen) atoms. The van der Waals surface area contributed by atoms with Gasteiger partial charge in [0.2, 0.25) is 0 Å². The fraction of sp³-hybridized carbons (Fsp3) is 0.208. The quantitative estimate of drug-likeness (QED) is 0.721. The molecule has 1 fully saturated rings. The summed E-state index contributed by atoms with van der Waals surface area (Å²) in [6, 6.07) is 23.8. The topological polar surface area (TPSA) is 60.8 Å². The first-order valence-electron chi connectivity index (χ1n) is 9.63. The normalized spacial score (nSPS) is 24.8. The van der Waals surface area contributed by atoms with Crippen molar-refractivity contribution < 1.29 is 19.4 Å². The Kier molecular flexibility index (Phi) is 4.05. The minimum Gasteiger partial charge on any atom is -0.480 e. The van der Waals surface area contributed by atoms with E-state index < -0.39 is 29.8 Å². The zero-order valence-electron chi connectivity index (χ0n) is 15.6. The minimum absolute atomic E-state index is 0.0737. The molecule has 1 heterocycles. The van der Waals surface area contributed by atoms with Gasteiger partial charge < -0.3 is 10.2 Å². The van der Waals surface area contributed by atoms with Crippen LogP contribution in [0.4, 0.5) is 4.39 Å². The summed E-state index contributed by atoms with van der Waals surface area (Å²) in [6.45, 7) is -0.0737. The Hall–Kier alpha value is -3.02. The van der Waals surface area contributed by atoms with E-state index in [0.29, 0.717) is 0 Å². The molecule has 3 aromatic carbocycles. The molecule has 146 valence electrons. The van der Waals surface area contributed by atoms with Gasteiger partial charge in [0, 0.05) is 6.54 Å². The highest BCUT2D eigenvalue weighted by atomic mass is 19.1. The smallest absolute Gasteiger partial charge is 0.324 e. The zero-order valence-corrected chi connectivity index (χ0v) is 15.6. The molecule has 5 heteroatoms. The van der Waals surface area contributed by atoms with Crippen LogP contribution < -0.4 is 0 Å². The zero-order chi connectivity index (χ0) is 20.2. The summed E-state index contributed by atoms with van der Waals surface area (Å²) in [4.78, 5) is 13.8. The number of alkyl halides is 1. The van der Waals surface area contributed by atoms with Crippen LogP contribution >= 0.6 is 0 Å². The van der Waals surface area contributed by atoms with Gasteiger partial charge >= 0.3 is 5.97 Å². The van der Waals surface area contributed by atoms with E-state index in [9.17, 15) is 19.4 Å². The number of nitrogens with zero attached hydrogens (tertiary/aromatic N) is 1. The van der Waals surface area contributed by atoms with Gasteiger partial charge in [-0.2, -0.15) is 0 Å². The van der Waals surface area contributed by atoms with E-state index in [1.807, 2.05) is 78.9 Å². The molecule has 1 aliphatic carbocycles. The summed E-state index contributed by atoms with van der Waals surface area (Å²) < 4.78 is 14.9. The lowest BCUT2D eigenvalue weighted by Crippen LogP contribution is -2.53. The molecule has 2 N–H and O–H groups in total. The van der Waals surface area contributed by atoms with Crippen LogP contribution in [-0.4, -0.2) is 45.9 Å². The minimum atomic E-state index is -1.87. The molecule has 0 unspecified atom stereocenters. The number of carboxylic acid groups (broad SMARTS) is 1. The standard InChI is InChI=1S/C24H20FNO3/c25-21-20(27)14-26(22(21)23(28)29)24(15-8-2-1-3-9-15)18-12-6-4-10-16(18)17-11-5-7-13-19(17)24/h1-13,20-22,27H,14H2,(H,28,29)/t20-,21-,22+/m1/s1. The molecule has 2 aliphatic rings. The SMILES string of the molecule is O=C(O)[C@@H]1[C@H](F)[C@H](O)CN1C1(c2ccccc2)c2ccccc2-c2ccccc21. The number of carbonyl (C=O) groups is 1. The van der Waals surface area contributed by atoms with Crippen LogP contribution in [0.1, 0.15) is 16.7 Å². The number of halogens is 1. The maximum Gasteiger partial charge on any atom is 0.324 e. The Bertz CT molecular complexity index is 1040. The second kappa shape index (κ2) is 6.51. The maximum atomic E-state index is 14.9. The Morgan fingerprint density at radius 1 is 0.897 bits per heavy atom. The lowest BCUT2D eigenvalue weighted by Gasteiger charge is -2.43. The lowest BCUT2D eigenvalue weighted by atomic mass is 9.78. The molecular weight excluding hydrogens is 369 g/mol. The maximum absolute atomic E-state index is 14.9. The summed E-state index contributed by atoms with van der Waals surface area (Å²) in [5.74, 6) is -1.27. The molecule has 0 spiro atoms. The summed E-state index contributed by atoms with van der Waals surface area (Å²) in [7, 11) is 0. The van der Waals surface area contributed by atoms with Gasteiger partial charge in [-0.25, -0.2) is 4.39 Å². The van der Waals surface area contributed by atoms with Crippen LogP contribution in [0.5, 0.6) is 0 Å². The number of aliphatic hydroxyl groups excluding tert-OH is 1. The fourth-order valence-corrected chi connectivity index (χ4v) is 5.09. The van der Waals surface area contributed by atoms with Gasteiger partial charge in [0.15, 0.2) is 6.17 Å². The van der Waals surface area contributed by atoms with Crippen molar-refractivity contribution in [3.63, 3.8) is 0 Å². The van der Waals surface area contributed by atoms with Crippen LogP contribution in [0.2, 0.25) is 0 Å². The predicted molar refractivity (Wildman–Crippen MR) is 107 cm³/mol. The molecule has 0 radical (unpaired) electrons. The van der Waals surface area contributed by atoms with Crippen LogP contribution in [-0.2, 0) is 10.3 Å². The number of β-amino-alcohol motifs (C(OH)–C–C–N with tert-alkyl or cyclic N) is 1. The van der Waals surface area contributed by atoms with Crippen molar-refractivity contribution >= 4 is 5.97 Å². The van der Waals surface area contributed by atoms with Gasteiger partial charge in [-0.1, -0.05) is 78.9 Å². The third-order valence-corrected chi connectivity index (χ3v) is 6.19. The number of rotatable bonds is 3. The van der Waals surface area contributed by atoms with Crippen molar-refractivity contribution in [2.24, 2.45) is 0 Å². The highest BCUT2D eigenvalue weighted by Crippen LogP contribution is 2.56. The molecule has 0 amide bonds. The highest BCUT2D eigenvalue weighted by Gasteiger charge is 2.58. The van der Waals surface area contributed by atoms with Crippen LogP contribution in [0, 0.1) is 0 Å². The highest BCUT2D eigenvalue weighted by molar-refractivity contribution is 5.84. The van der Waals surface area contributed by atoms with Crippen molar-refractivity contribution in [3.05, 3.63) is 95.6 Å². The van der Waals surface area contributed by atoms with E-state index in [-0.39, 0.29) is 6.54 Å². The second-order valence-electron chi connectivity index (χ2n) is 7.61. The average Bonchev–Trinajstić information content (AvgIpc) is 3.21. The summed E-state index contributed by atoms with van der Waals surface area (Å²) in [6.07, 6.45) is -3.23. The van der Waals surface area contributed by atoms with Gasteiger partial charge in [-0.15, -0.1) is 0 Å². The lowest BCUT2D eigenvalue weighted by molar-refractivity contribution is -0.145. The summed E-state index contributed by atoms with van der Waals surface area (Å²) in [5, 5.41) is 20.2. The van der Waals surface area contributed by atoms with Crippen LogP contribution in [0.15, 0.2) is 78.9 Å².